The van der Waals surface area contributed by atoms with Crippen molar-refractivity contribution < 1.29 is 9.53 Å². The molecule has 1 aromatic rings. The second-order valence-electron chi connectivity index (χ2n) is 2.82. The molecule has 0 saturated carbocycles. The Labute approximate surface area is 82.3 Å². The molecule has 0 aliphatic rings. The molecule has 0 spiro atoms. The van der Waals surface area contributed by atoms with Gasteiger partial charge in [-0.1, -0.05) is 0 Å². The summed E-state index contributed by atoms with van der Waals surface area (Å²) in [5, 5.41) is 2.79. The van der Waals surface area contributed by atoms with E-state index in [-0.39, 0.29) is 12.5 Å². The molecule has 76 valence electrons. The molecule has 0 aliphatic carbocycles. The maximum atomic E-state index is 10.8. The summed E-state index contributed by atoms with van der Waals surface area (Å²) in [5.74, 6) is 0.156. The molecule has 5 nitrogen and oxygen atoms in total. The third-order valence-corrected chi connectivity index (χ3v) is 1.84. The Morgan fingerprint density at radius 1 is 1.71 bits per heavy atom. The Morgan fingerprint density at radius 2 is 2.43 bits per heavy atom. The van der Waals surface area contributed by atoms with Crippen molar-refractivity contribution in [2.75, 3.05) is 24.7 Å². The van der Waals surface area contributed by atoms with Gasteiger partial charge >= 0.3 is 5.97 Å². The number of nitrogens with one attached hydrogen (secondary N) is 1. The van der Waals surface area contributed by atoms with Crippen molar-refractivity contribution in [3.05, 3.63) is 17.8 Å². The molecule has 0 radical (unpaired) electrons. The van der Waals surface area contributed by atoms with Gasteiger partial charge in [0.05, 0.1) is 12.8 Å². The fourth-order valence-corrected chi connectivity index (χ4v) is 0.939. The molecule has 0 aliphatic heterocycles. The van der Waals surface area contributed by atoms with Gasteiger partial charge in [-0.15, -0.1) is 0 Å². The molecule has 1 rings (SSSR count). The monoisotopic (exact) mass is 195 g/mol. The first-order chi connectivity index (χ1) is 6.65. The molecule has 3 N–H and O–H groups in total. The normalized spacial score (nSPS) is 9.57. The molecule has 1 heterocycles. The highest BCUT2D eigenvalue weighted by Crippen LogP contribution is 2.17. The Bertz CT molecular complexity index is 339. The lowest BCUT2D eigenvalue weighted by molar-refractivity contribution is -0.138. The van der Waals surface area contributed by atoms with Crippen molar-refractivity contribution in [2.24, 2.45) is 0 Å². The Morgan fingerprint density at radius 3 is 3.07 bits per heavy atom. The first-order valence-electron chi connectivity index (χ1n) is 4.17. The number of nitrogen functional groups attached to an aromatic ring is 1. The number of nitrogens with two attached hydrogens (primary N) is 1. The van der Waals surface area contributed by atoms with Crippen LogP contribution in [-0.2, 0) is 9.53 Å². The number of anilines is 2. The average molecular weight is 195 g/mol. The maximum Gasteiger partial charge on any atom is 0.325 e. The summed E-state index contributed by atoms with van der Waals surface area (Å²) in [6, 6.07) is 1.80. The van der Waals surface area contributed by atoms with Gasteiger partial charge in [0, 0.05) is 6.20 Å². The molecular weight excluding hydrogens is 182 g/mol. The highest BCUT2D eigenvalue weighted by molar-refractivity contribution is 5.76. The van der Waals surface area contributed by atoms with E-state index in [1.54, 1.807) is 12.3 Å². The van der Waals surface area contributed by atoms with Crippen molar-refractivity contribution >= 4 is 17.5 Å². The number of carbonyl (C=O) groups excluding carboxylic acids is 1. The van der Waals surface area contributed by atoms with Crippen LogP contribution in [0.4, 0.5) is 11.5 Å². The van der Waals surface area contributed by atoms with E-state index in [0.717, 1.165) is 5.56 Å². The summed E-state index contributed by atoms with van der Waals surface area (Å²) in [5.41, 5.74) is 7.21. The van der Waals surface area contributed by atoms with Gasteiger partial charge in [-0.25, -0.2) is 4.98 Å². The Balaban J connectivity index is 2.68. The fourth-order valence-electron chi connectivity index (χ4n) is 0.939. The number of rotatable bonds is 3. The van der Waals surface area contributed by atoms with E-state index in [4.69, 9.17) is 5.73 Å². The summed E-state index contributed by atoms with van der Waals surface area (Å²) >= 11 is 0. The number of esters is 1. The van der Waals surface area contributed by atoms with Crippen LogP contribution in [0.5, 0.6) is 0 Å². The first-order valence-corrected chi connectivity index (χ1v) is 4.17. The first kappa shape index (κ1) is 10.3. The molecule has 14 heavy (non-hydrogen) atoms. The van der Waals surface area contributed by atoms with Crippen LogP contribution in [0.15, 0.2) is 12.3 Å². The lowest BCUT2D eigenvalue weighted by Gasteiger charge is -2.08. The van der Waals surface area contributed by atoms with E-state index in [1.807, 2.05) is 6.92 Å². The zero-order chi connectivity index (χ0) is 10.6. The molecule has 0 saturated heterocycles. The third-order valence-electron chi connectivity index (χ3n) is 1.84. The number of methoxy groups -OCH3 is 1. The number of nitrogens with zero attached hydrogens (tertiary/aromatic N) is 1. The molecule has 0 atom stereocenters. The topological polar surface area (TPSA) is 77.2 Å². The molecule has 0 bridgehead atoms. The number of hydrogen-bond acceptors (Lipinski definition) is 5. The predicted molar refractivity (Wildman–Crippen MR) is 53.9 cm³/mol. The number of aromatic nitrogens is 1. The molecule has 1 aromatic heterocycles. The Hall–Kier alpha value is -1.78. The lowest BCUT2D eigenvalue weighted by atomic mass is 10.2. The Kier molecular flexibility index (Phi) is 3.28. The van der Waals surface area contributed by atoms with Crippen LogP contribution in [0.25, 0.3) is 0 Å². The van der Waals surface area contributed by atoms with Gasteiger partial charge < -0.3 is 15.8 Å². The van der Waals surface area contributed by atoms with E-state index < -0.39 is 0 Å². The van der Waals surface area contributed by atoms with E-state index >= 15 is 0 Å². The molecule has 0 amide bonds. The summed E-state index contributed by atoms with van der Waals surface area (Å²) in [6.07, 6.45) is 1.63. The van der Waals surface area contributed by atoms with Crippen LogP contribution in [0.1, 0.15) is 5.56 Å². The van der Waals surface area contributed by atoms with Crippen LogP contribution in [0.2, 0.25) is 0 Å². The maximum absolute atomic E-state index is 10.8. The lowest BCUT2D eigenvalue weighted by Crippen LogP contribution is -2.16. The predicted octanol–water partition coefficient (Wildman–Crippen LogP) is 0.557. The largest absolute Gasteiger partial charge is 0.468 e. The second kappa shape index (κ2) is 4.45. The second-order valence-corrected chi connectivity index (χ2v) is 2.82. The zero-order valence-corrected chi connectivity index (χ0v) is 8.20. The molecule has 0 fully saturated rings. The quantitative estimate of drug-likeness (QED) is 0.689. The van der Waals surface area contributed by atoms with E-state index in [0.29, 0.717) is 11.5 Å². The average Bonchev–Trinajstić information content (AvgIpc) is 2.20. The highest BCUT2D eigenvalue weighted by atomic mass is 16.5. The third kappa shape index (κ3) is 2.35. The van der Waals surface area contributed by atoms with Gasteiger partial charge in [0.2, 0.25) is 0 Å². The van der Waals surface area contributed by atoms with E-state index in [9.17, 15) is 4.79 Å². The molecule has 5 heteroatoms. The number of ether oxygens (including phenoxy) is 1. The minimum atomic E-state index is -0.354. The van der Waals surface area contributed by atoms with Gasteiger partial charge in [0.15, 0.2) is 0 Å². The fraction of sp³-hybridized carbons (Fsp3) is 0.333. The van der Waals surface area contributed by atoms with Gasteiger partial charge in [-0.2, -0.15) is 0 Å². The van der Waals surface area contributed by atoms with Crippen LogP contribution in [0, 0.1) is 6.92 Å². The minimum absolute atomic E-state index is 0.0666. The van der Waals surface area contributed by atoms with Crippen molar-refractivity contribution in [3.63, 3.8) is 0 Å². The van der Waals surface area contributed by atoms with Gasteiger partial charge in [-0.05, 0) is 18.6 Å². The summed E-state index contributed by atoms with van der Waals surface area (Å²) < 4.78 is 4.47. The summed E-state index contributed by atoms with van der Waals surface area (Å²) in [4.78, 5) is 14.8. The van der Waals surface area contributed by atoms with Crippen molar-refractivity contribution in [3.8, 4) is 0 Å². The highest BCUT2D eigenvalue weighted by Gasteiger charge is 2.04. The molecule has 0 aromatic carbocycles. The number of hydrogen-bond donors (Lipinski definition) is 2. The van der Waals surface area contributed by atoms with Crippen molar-refractivity contribution in [1.82, 2.24) is 4.98 Å². The van der Waals surface area contributed by atoms with Gasteiger partial charge in [0.1, 0.15) is 12.4 Å². The van der Waals surface area contributed by atoms with Crippen LogP contribution >= 0.6 is 0 Å². The number of pyridine rings is 1. The summed E-state index contributed by atoms with van der Waals surface area (Å²) in [7, 11) is 1.33. The minimum Gasteiger partial charge on any atom is -0.468 e. The van der Waals surface area contributed by atoms with Crippen LogP contribution < -0.4 is 11.1 Å². The smallest absolute Gasteiger partial charge is 0.325 e. The van der Waals surface area contributed by atoms with Crippen molar-refractivity contribution in [1.29, 1.82) is 0 Å². The summed E-state index contributed by atoms with van der Waals surface area (Å²) in [6.45, 7) is 1.94. The number of carbonyl (C=O) groups is 1. The van der Waals surface area contributed by atoms with E-state index in [2.05, 4.69) is 15.0 Å². The van der Waals surface area contributed by atoms with Gasteiger partial charge in [0.25, 0.3) is 0 Å². The SMILES string of the molecule is COC(=O)CNc1nccc(C)c1N. The van der Waals surface area contributed by atoms with E-state index in [1.165, 1.54) is 7.11 Å². The molecule has 0 unspecified atom stereocenters. The van der Waals surface area contributed by atoms with Crippen molar-refractivity contribution in [2.45, 2.75) is 6.92 Å². The van der Waals surface area contributed by atoms with Crippen LogP contribution in [-0.4, -0.2) is 24.6 Å². The zero-order valence-electron chi connectivity index (χ0n) is 8.20. The number of aryl methyl sites for hydroxylation is 1. The van der Waals surface area contributed by atoms with Gasteiger partial charge in [-0.3, -0.25) is 4.79 Å². The molecular formula is C9H13N3O2. The standard InChI is InChI=1S/C9H13N3O2/c1-6-3-4-11-9(8(6)10)12-5-7(13)14-2/h3-4H,5,10H2,1-2H3,(H,11,12). The van der Waals surface area contributed by atoms with Crippen LogP contribution in [0.3, 0.4) is 0 Å².